The van der Waals surface area contributed by atoms with Gasteiger partial charge in [0.2, 0.25) is 0 Å². The van der Waals surface area contributed by atoms with E-state index in [1.54, 1.807) is 0 Å². The molecule has 0 spiro atoms. The minimum absolute atomic E-state index is 0.224. The molecule has 102 valence electrons. The van der Waals surface area contributed by atoms with Gasteiger partial charge in [-0.2, -0.15) is 5.10 Å². The number of hydrogen-bond donors (Lipinski definition) is 1. The van der Waals surface area contributed by atoms with Gasteiger partial charge in [-0.05, 0) is 52.0 Å². The molecule has 1 heterocycles. The second-order valence-corrected chi connectivity index (χ2v) is 4.78. The van der Waals surface area contributed by atoms with Crippen LogP contribution in [0.3, 0.4) is 0 Å². The molecular weight excluding hydrogens is 240 g/mol. The van der Waals surface area contributed by atoms with Gasteiger partial charge >= 0.3 is 0 Å². The summed E-state index contributed by atoms with van der Waals surface area (Å²) in [6.07, 6.45) is 0. The third-order valence-corrected chi connectivity index (χ3v) is 3.05. The van der Waals surface area contributed by atoms with Gasteiger partial charge in [0.25, 0.3) is 0 Å². The van der Waals surface area contributed by atoms with Crippen molar-refractivity contribution in [2.24, 2.45) is 0 Å². The number of hydrogen-bond acceptors (Lipinski definition) is 3. The van der Waals surface area contributed by atoms with Crippen molar-refractivity contribution in [3.05, 3.63) is 30.0 Å². The summed E-state index contributed by atoms with van der Waals surface area (Å²) in [5.41, 5.74) is 2.30. The highest BCUT2D eigenvalue weighted by Crippen LogP contribution is 2.33. The van der Waals surface area contributed by atoms with E-state index in [0.717, 1.165) is 17.0 Å². The van der Waals surface area contributed by atoms with Crippen molar-refractivity contribution in [1.82, 2.24) is 9.78 Å². The second-order valence-electron chi connectivity index (χ2n) is 4.78. The Hall–Kier alpha value is -1.97. The Kier molecular flexibility index (Phi) is 3.79. The molecule has 2 aromatic rings. The monoisotopic (exact) mass is 260 g/mol. The molecule has 1 N–H and O–H groups in total. The maximum Gasteiger partial charge on any atom is 0.164 e. The fourth-order valence-corrected chi connectivity index (χ4v) is 2.08. The van der Waals surface area contributed by atoms with E-state index >= 15 is 0 Å². The van der Waals surface area contributed by atoms with E-state index in [-0.39, 0.29) is 11.8 Å². The molecule has 0 atom stereocenters. The largest absolute Gasteiger partial charge is 0.504 e. The molecule has 2 rings (SSSR count). The van der Waals surface area contributed by atoms with E-state index < -0.39 is 0 Å². The van der Waals surface area contributed by atoms with Crippen molar-refractivity contribution in [3.63, 3.8) is 0 Å². The van der Waals surface area contributed by atoms with E-state index in [4.69, 9.17) is 4.74 Å². The Morgan fingerprint density at radius 1 is 1.26 bits per heavy atom. The summed E-state index contributed by atoms with van der Waals surface area (Å²) in [6.45, 7) is 8.56. The van der Waals surface area contributed by atoms with Crippen LogP contribution in [0.5, 0.6) is 11.5 Å². The van der Waals surface area contributed by atoms with Gasteiger partial charge in [0, 0.05) is 11.6 Å². The Balaban J connectivity index is 2.39. The first-order valence-electron chi connectivity index (χ1n) is 6.55. The summed E-state index contributed by atoms with van der Waals surface area (Å²) in [5, 5.41) is 14.7. The summed E-state index contributed by atoms with van der Waals surface area (Å²) < 4.78 is 7.24. The highest BCUT2D eigenvalue weighted by atomic mass is 16.5. The van der Waals surface area contributed by atoms with Gasteiger partial charge in [0.1, 0.15) is 11.4 Å². The van der Waals surface area contributed by atoms with Gasteiger partial charge in [-0.3, -0.25) is 4.68 Å². The number of ether oxygens (including phenoxy) is 1. The molecule has 4 heteroatoms. The first-order valence-corrected chi connectivity index (χ1v) is 6.55. The maximum absolute atomic E-state index is 10.2. The zero-order valence-electron chi connectivity index (χ0n) is 11.8. The molecule has 0 amide bonds. The molecular formula is C15H20N2O2. The molecule has 0 saturated carbocycles. The predicted molar refractivity (Wildman–Crippen MR) is 75.6 cm³/mol. The van der Waals surface area contributed by atoms with Gasteiger partial charge in [0.15, 0.2) is 5.75 Å². The lowest BCUT2D eigenvalue weighted by Crippen LogP contribution is -2.04. The fourth-order valence-electron chi connectivity index (χ4n) is 2.08. The van der Waals surface area contributed by atoms with Crippen LogP contribution < -0.4 is 4.74 Å². The molecule has 1 aromatic heterocycles. The summed E-state index contributed by atoms with van der Waals surface area (Å²) in [6, 6.07) is 7.83. The van der Waals surface area contributed by atoms with Crippen LogP contribution in [0.4, 0.5) is 0 Å². The van der Waals surface area contributed by atoms with Gasteiger partial charge in [-0.15, -0.1) is 0 Å². The smallest absolute Gasteiger partial charge is 0.164 e. The Bertz CT molecular complexity index is 556. The number of benzene rings is 1. The topological polar surface area (TPSA) is 47.3 Å². The normalized spacial score (nSPS) is 11.0. The zero-order chi connectivity index (χ0) is 14.0. The van der Waals surface area contributed by atoms with E-state index in [1.807, 2.05) is 56.6 Å². The molecule has 0 aliphatic rings. The second kappa shape index (κ2) is 5.34. The molecule has 0 fully saturated rings. The maximum atomic E-state index is 10.2. The van der Waals surface area contributed by atoms with Crippen LogP contribution in [0.15, 0.2) is 24.3 Å². The molecule has 0 bridgehead atoms. The van der Waals surface area contributed by atoms with Crippen molar-refractivity contribution < 1.29 is 9.84 Å². The number of aromatic hydroxyl groups is 1. The Labute approximate surface area is 113 Å². The fraction of sp³-hybridized carbons (Fsp3) is 0.400. The van der Waals surface area contributed by atoms with Crippen LogP contribution in [-0.4, -0.2) is 21.5 Å². The predicted octanol–water partition coefficient (Wildman–Crippen LogP) is 3.54. The van der Waals surface area contributed by atoms with Crippen molar-refractivity contribution in [1.29, 1.82) is 0 Å². The summed E-state index contributed by atoms with van der Waals surface area (Å²) in [5.74, 6) is 1.07. The molecule has 0 aliphatic carbocycles. The van der Waals surface area contributed by atoms with Crippen molar-refractivity contribution in [3.8, 4) is 22.8 Å². The minimum atomic E-state index is 0.224. The molecule has 4 nitrogen and oxygen atoms in total. The Morgan fingerprint density at radius 3 is 2.37 bits per heavy atom. The lowest BCUT2D eigenvalue weighted by molar-refractivity contribution is 0.340. The lowest BCUT2D eigenvalue weighted by atomic mass is 10.1. The average Bonchev–Trinajstić information content (AvgIpc) is 2.68. The number of rotatable bonds is 4. The lowest BCUT2D eigenvalue weighted by Gasteiger charge is -2.06. The van der Waals surface area contributed by atoms with Gasteiger partial charge < -0.3 is 9.84 Å². The molecule has 0 radical (unpaired) electrons. The van der Waals surface area contributed by atoms with Crippen LogP contribution in [0.2, 0.25) is 0 Å². The molecule has 0 saturated heterocycles. The van der Waals surface area contributed by atoms with Crippen molar-refractivity contribution in [2.75, 3.05) is 6.61 Å². The molecule has 19 heavy (non-hydrogen) atoms. The number of nitrogens with zero attached hydrogens (tertiary/aromatic N) is 2. The van der Waals surface area contributed by atoms with Crippen LogP contribution >= 0.6 is 0 Å². The van der Waals surface area contributed by atoms with Crippen LogP contribution in [-0.2, 0) is 0 Å². The first-order chi connectivity index (χ1) is 9.04. The molecule has 1 aromatic carbocycles. The number of aromatic nitrogens is 2. The van der Waals surface area contributed by atoms with Crippen molar-refractivity contribution in [2.45, 2.75) is 33.7 Å². The summed E-state index contributed by atoms with van der Waals surface area (Å²) in [7, 11) is 0. The van der Waals surface area contributed by atoms with Gasteiger partial charge in [-0.1, -0.05) is 0 Å². The highest BCUT2D eigenvalue weighted by molar-refractivity contribution is 5.67. The molecule has 0 unspecified atom stereocenters. The van der Waals surface area contributed by atoms with Crippen molar-refractivity contribution >= 4 is 0 Å². The third kappa shape index (κ3) is 2.57. The van der Waals surface area contributed by atoms with Gasteiger partial charge in [0.05, 0.1) is 12.3 Å². The van der Waals surface area contributed by atoms with E-state index in [2.05, 4.69) is 5.10 Å². The summed E-state index contributed by atoms with van der Waals surface area (Å²) >= 11 is 0. The van der Waals surface area contributed by atoms with Crippen LogP contribution in [0, 0.1) is 6.92 Å². The Morgan fingerprint density at radius 2 is 1.89 bits per heavy atom. The van der Waals surface area contributed by atoms with E-state index in [9.17, 15) is 5.11 Å². The van der Waals surface area contributed by atoms with Gasteiger partial charge in [-0.25, -0.2) is 0 Å². The van der Waals surface area contributed by atoms with Crippen LogP contribution in [0.25, 0.3) is 11.3 Å². The zero-order valence-corrected chi connectivity index (χ0v) is 11.8. The first kappa shape index (κ1) is 13.5. The third-order valence-electron chi connectivity index (χ3n) is 3.05. The standard InChI is InChI=1S/C15H20N2O2/c1-5-19-13-8-6-12(7-9-13)14-15(18)11(4)17(16-14)10(2)3/h6-10,18H,5H2,1-4H3. The van der Waals surface area contributed by atoms with Crippen LogP contribution in [0.1, 0.15) is 32.5 Å². The highest BCUT2D eigenvalue weighted by Gasteiger charge is 2.16. The SMILES string of the molecule is CCOc1ccc(-c2nn(C(C)C)c(C)c2O)cc1. The quantitative estimate of drug-likeness (QED) is 0.914. The summed E-state index contributed by atoms with van der Waals surface area (Å²) in [4.78, 5) is 0. The molecule has 0 aliphatic heterocycles. The van der Waals surface area contributed by atoms with E-state index in [0.29, 0.717) is 12.3 Å². The van der Waals surface area contributed by atoms with E-state index in [1.165, 1.54) is 0 Å². The average molecular weight is 260 g/mol. The minimum Gasteiger partial charge on any atom is -0.504 e.